The average Bonchev–Trinajstić information content (AvgIpc) is 3.00. The van der Waals surface area contributed by atoms with Crippen molar-refractivity contribution in [3.63, 3.8) is 0 Å². The molecular formula is C17H11ClFNO2S2. The molecule has 0 radical (unpaired) electrons. The number of nitrogens with zero attached hydrogens (tertiary/aromatic N) is 1. The van der Waals surface area contributed by atoms with Gasteiger partial charge in [0.05, 0.1) is 10.6 Å². The number of halogens is 2. The molecule has 0 bridgehead atoms. The summed E-state index contributed by atoms with van der Waals surface area (Å²) < 4.78 is 13.2. The molecule has 3 nitrogen and oxygen atoms in total. The lowest BCUT2D eigenvalue weighted by Crippen LogP contribution is -2.04. The van der Waals surface area contributed by atoms with Gasteiger partial charge in [0, 0.05) is 10.6 Å². The number of hydrogen-bond acceptors (Lipinski definition) is 4. The molecule has 7 heteroatoms. The quantitative estimate of drug-likeness (QED) is 0.603. The minimum Gasteiger partial charge on any atom is -0.480 e. The van der Waals surface area contributed by atoms with Crippen molar-refractivity contribution in [1.82, 2.24) is 4.98 Å². The predicted molar refractivity (Wildman–Crippen MR) is 97.3 cm³/mol. The first-order valence-electron chi connectivity index (χ1n) is 6.89. The molecule has 1 aromatic heterocycles. The van der Waals surface area contributed by atoms with Gasteiger partial charge in [-0.1, -0.05) is 23.7 Å². The second kappa shape index (κ2) is 6.93. The van der Waals surface area contributed by atoms with E-state index < -0.39 is 11.2 Å². The second-order valence-electron chi connectivity index (χ2n) is 4.98. The molecule has 2 aromatic carbocycles. The summed E-state index contributed by atoms with van der Waals surface area (Å²) in [6.45, 7) is 0. The van der Waals surface area contributed by atoms with Crippen molar-refractivity contribution in [2.75, 3.05) is 0 Å². The van der Waals surface area contributed by atoms with Gasteiger partial charge in [-0.2, -0.15) is 12.6 Å². The Bertz CT molecular complexity index is 816. The molecular weight excluding hydrogens is 369 g/mol. The molecule has 1 N–H and O–H groups in total. The third-order valence-electron chi connectivity index (χ3n) is 3.34. The molecule has 24 heavy (non-hydrogen) atoms. The van der Waals surface area contributed by atoms with E-state index in [2.05, 4.69) is 17.6 Å². The molecule has 0 saturated heterocycles. The number of carbonyl (C=O) groups is 1. The van der Waals surface area contributed by atoms with E-state index in [0.717, 1.165) is 10.4 Å². The Hall–Kier alpha value is -1.89. The molecule has 1 unspecified atom stereocenters. The summed E-state index contributed by atoms with van der Waals surface area (Å²) in [6, 6.07) is 13.1. The number of carboxylic acid groups (broad SMARTS) is 1. The maximum absolute atomic E-state index is 13.2. The first kappa shape index (κ1) is 17.0. The summed E-state index contributed by atoms with van der Waals surface area (Å²) in [5, 5.41) is 9.13. The van der Waals surface area contributed by atoms with Gasteiger partial charge in [-0.3, -0.25) is 4.79 Å². The smallest absolute Gasteiger partial charge is 0.323 e. The maximum atomic E-state index is 13.2. The summed E-state index contributed by atoms with van der Waals surface area (Å²) >= 11 is 11.3. The Morgan fingerprint density at radius 3 is 2.29 bits per heavy atom. The zero-order valence-corrected chi connectivity index (χ0v) is 14.6. The van der Waals surface area contributed by atoms with Crippen LogP contribution in [0, 0.1) is 5.82 Å². The Morgan fingerprint density at radius 1 is 1.12 bits per heavy atom. The van der Waals surface area contributed by atoms with Crippen LogP contribution < -0.4 is 0 Å². The Kier molecular flexibility index (Phi) is 4.89. The van der Waals surface area contributed by atoms with Crippen molar-refractivity contribution >= 4 is 41.5 Å². The van der Waals surface area contributed by atoms with Crippen LogP contribution in [0.1, 0.15) is 10.3 Å². The number of aromatic nitrogens is 1. The number of rotatable bonds is 4. The normalized spacial score (nSPS) is 12.1. The minimum atomic E-state index is -1.07. The maximum Gasteiger partial charge on any atom is 0.323 e. The summed E-state index contributed by atoms with van der Waals surface area (Å²) in [7, 11) is 0. The van der Waals surface area contributed by atoms with Crippen LogP contribution >= 0.6 is 35.6 Å². The van der Waals surface area contributed by atoms with Crippen molar-refractivity contribution in [2.45, 2.75) is 5.25 Å². The summed E-state index contributed by atoms with van der Waals surface area (Å²) in [5.74, 6) is -1.42. The number of thiazole rings is 1. The molecule has 1 atom stereocenters. The van der Waals surface area contributed by atoms with Crippen molar-refractivity contribution in [1.29, 1.82) is 0 Å². The summed E-state index contributed by atoms with van der Waals surface area (Å²) in [5.41, 5.74) is 2.15. The van der Waals surface area contributed by atoms with Crippen LogP contribution in [0.25, 0.3) is 21.7 Å². The lowest BCUT2D eigenvalue weighted by molar-refractivity contribution is -0.136. The topological polar surface area (TPSA) is 50.2 Å². The zero-order chi connectivity index (χ0) is 17.3. The lowest BCUT2D eigenvalue weighted by Gasteiger charge is -2.03. The van der Waals surface area contributed by atoms with E-state index in [9.17, 15) is 14.3 Å². The van der Waals surface area contributed by atoms with Gasteiger partial charge < -0.3 is 5.11 Å². The monoisotopic (exact) mass is 379 g/mol. The standard InChI is InChI=1S/C17H11ClFNO2S2/c18-11-5-1-10(2-6-11)15-13(9-3-7-12(19)8-4-9)20-16(24-15)14(23)17(21)22/h1-8,14,23H,(H,21,22). The van der Waals surface area contributed by atoms with Gasteiger partial charge in [0.2, 0.25) is 0 Å². The van der Waals surface area contributed by atoms with Crippen molar-refractivity contribution in [3.8, 4) is 21.7 Å². The number of thiol groups is 1. The van der Waals surface area contributed by atoms with E-state index >= 15 is 0 Å². The largest absolute Gasteiger partial charge is 0.480 e. The molecule has 3 aromatic rings. The molecule has 0 amide bonds. The van der Waals surface area contributed by atoms with Gasteiger partial charge in [-0.05, 0) is 42.0 Å². The third kappa shape index (κ3) is 3.45. The van der Waals surface area contributed by atoms with Crippen LogP contribution in [0.15, 0.2) is 48.5 Å². The van der Waals surface area contributed by atoms with Gasteiger partial charge in [0.25, 0.3) is 0 Å². The van der Waals surface area contributed by atoms with Crippen LogP contribution in [-0.2, 0) is 4.79 Å². The molecule has 0 saturated carbocycles. The number of aliphatic carboxylic acids is 1. The highest BCUT2D eigenvalue weighted by Gasteiger charge is 2.23. The van der Waals surface area contributed by atoms with Crippen LogP contribution in [0.3, 0.4) is 0 Å². The molecule has 0 aliphatic heterocycles. The second-order valence-corrected chi connectivity index (χ2v) is 6.97. The van der Waals surface area contributed by atoms with Crippen molar-refractivity contribution < 1.29 is 14.3 Å². The highest BCUT2D eigenvalue weighted by atomic mass is 35.5. The summed E-state index contributed by atoms with van der Waals surface area (Å²) in [6.07, 6.45) is 0. The molecule has 122 valence electrons. The first-order chi connectivity index (χ1) is 11.5. The zero-order valence-electron chi connectivity index (χ0n) is 12.1. The summed E-state index contributed by atoms with van der Waals surface area (Å²) in [4.78, 5) is 16.4. The van der Waals surface area contributed by atoms with Crippen LogP contribution in [0.5, 0.6) is 0 Å². The van der Waals surface area contributed by atoms with Crippen LogP contribution in [-0.4, -0.2) is 16.1 Å². The van der Waals surface area contributed by atoms with E-state index in [1.807, 2.05) is 12.1 Å². The molecule has 0 aliphatic carbocycles. The lowest BCUT2D eigenvalue weighted by atomic mass is 10.1. The van der Waals surface area contributed by atoms with Gasteiger partial charge >= 0.3 is 5.97 Å². The number of hydrogen-bond donors (Lipinski definition) is 2. The molecule has 0 fully saturated rings. The van der Waals surface area contributed by atoms with Gasteiger partial charge in [-0.15, -0.1) is 11.3 Å². The highest BCUT2D eigenvalue weighted by molar-refractivity contribution is 7.81. The molecule has 0 spiro atoms. The fourth-order valence-electron chi connectivity index (χ4n) is 2.16. The van der Waals surface area contributed by atoms with Crippen LogP contribution in [0.2, 0.25) is 5.02 Å². The third-order valence-corrected chi connectivity index (χ3v) is 5.40. The Morgan fingerprint density at radius 2 is 1.71 bits per heavy atom. The fourth-order valence-corrected chi connectivity index (χ4v) is 3.57. The van der Waals surface area contributed by atoms with E-state index in [4.69, 9.17) is 11.6 Å². The highest BCUT2D eigenvalue weighted by Crippen LogP contribution is 2.40. The number of benzene rings is 2. The minimum absolute atomic E-state index is 0.347. The average molecular weight is 380 g/mol. The molecule has 0 aliphatic rings. The van der Waals surface area contributed by atoms with E-state index in [0.29, 0.717) is 21.3 Å². The van der Waals surface area contributed by atoms with Crippen molar-refractivity contribution in [2.24, 2.45) is 0 Å². The fraction of sp³-hybridized carbons (Fsp3) is 0.0588. The van der Waals surface area contributed by atoms with Crippen LogP contribution in [0.4, 0.5) is 4.39 Å². The SMILES string of the molecule is O=C(O)C(S)c1nc(-c2ccc(F)cc2)c(-c2ccc(Cl)cc2)s1. The predicted octanol–water partition coefficient (Wildman–Crippen LogP) is 5.33. The van der Waals surface area contributed by atoms with E-state index in [1.54, 1.807) is 24.3 Å². The van der Waals surface area contributed by atoms with Crippen molar-refractivity contribution in [3.05, 3.63) is 64.4 Å². The van der Waals surface area contributed by atoms with E-state index in [1.165, 1.54) is 23.5 Å². The Balaban J connectivity index is 2.16. The van der Waals surface area contributed by atoms with Gasteiger partial charge in [0.1, 0.15) is 10.8 Å². The molecule has 3 rings (SSSR count). The van der Waals surface area contributed by atoms with Gasteiger partial charge in [0.15, 0.2) is 5.25 Å². The number of carboxylic acids is 1. The van der Waals surface area contributed by atoms with E-state index in [-0.39, 0.29) is 5.82 Å². The first-order valence-corrected chi connectivity index (χ1v) is 8.60. The Labute approximate surface area is 152 Å². The van der Waals surface area contributed by atoms with Gasteiger partial charge in [-0.25, -0.2) is 9.37 Å². The molecule has 1 heterocycles.